The Morgan fingerprint density at radius 1 is 1.13 bits per heavy atom. The lowest BCUT2D eigenvalue weighted by atomic mass is 10.0. The van der Waals surface area contributed by atoms with Crippen molar-refractivity contribution in [3.8, 4) is 0 Å². The van der Waals surface area contributed by atoms with Crippen molar-refractivity contribution in [2.45, 2.75) is 64.8 Å². The summed E-state index contributed by atoms with van der Waals surface area (Å²) in [6.45, 7) is 13.5. The first kappa shape index (κ1) is 26.0. The largest absolute Gasteiger partial charge is 0.416 e. The number of hydrogen-bond donors (Lipinski definition) is 1. The zero-order chi connectivity index (χ0) is 22.7. The van der Waals surface area contributed by atoms with Crippen molar-refractivity contribution < 1.29 is 19.0 Å². The van der Waals surface area contributed by atoms with E-state index >= 15 is 0 Å². The van der Waals surface area contributed by atoms with Crippen molar-refractivity contribution in [1.29, 1.82) is 0 Å². The molecular weight excluding hydrogens is 404 g/mol. The minimum absolute atomic E-state index is 0.124. The summed E-state index contributed by atoms with van der Waals surface area (Å²) in [5.74, 6) is 0.852. The van der Waals surface area contributed by atoms with Crippen molar-refractivity contribution in [3.63, 3.8) is 0 Å². The number of ether oxygens (including phenoxy) is 2. The molecule has 1 atom stereocenters. The van der Waals surface area contributed by atoms with Gasteiger partial charge in [-0.3, -0.25) is 0 Å². The standard InChI is InChI=1S/C26H42O4Si/c1-26(2,3)31(4,5)30-20-23(12-9-13-24(16-17-27)25-14-15-25)19-29-21-28-18-22-10-7-6-8-11-22/h6-12,16,23,25,27H,13-15,17-21H2,1-5H3/b12-9+,24-16-. The fourth-order valence-electron chi connectivity index (χ4n) is 3.07. The molecule has 0 aromatic heterocycles. The van der Waals surface area contributed by atoms with Gasteiger partial charge in [0.15, 0.2) is 8.32 Å². The third-order valence-corrected chi connectivity index (χ3v) is 10.8. The topological polar surface area (TPSA) is 47.9 Å². The fourth-order valence-corrected chi connectivity index (χ4v) is 4.13. The Hall–Kier alpha value is -1.24. The van der Waals surface area contributed by atoms with E-state index in [1.54, 1.807) is 0 Å². The molecule has 1 aromatic rings. The predicted molar refractivity (Wildman–Crippen MR) is 130 cm³/mol. The van der Waals surface area contributed by atoms with Crippen LogP contribution in [0, 0.1) is 11.8 Å². The fraction of sp³-hybridized carbons (Fsp3) is 0.615. The van der Waals surface area contributed by atoms with Crippen LogP contribution in [0.15, 0.2) is 54.1 Å². The molecule has 1 aliphatic carbocycles. The van der Waals surface area contributed by atoms with Crippen LogP contribution in [0.1, 0.15) is 45.6 Å². The highest BCUT2D eigenvalue weighted by molar-refractivity contribution is 6.74. The summed E-state index contributed by atoms with van der Waals surface area (Å²) < 4.78 is 18.0. The first-order chi connectivity index (χ1) is 14.7. The number of hydrogen-bond acceptors (Lipinski definition) is 4. The minimum atomic E-state index is -1.81. The SMILES string of the molecule is CC(C)(C)[Si](C)(C)OCC(/C=C/C/C(=C/CO)C1CC1)COCOCc1ccccc1. The van der Waals surface area contributed by atoms with Gasteiger partial charge in [0.2, 0.25) is 0 Å². The molecule has 5 heteroatoms. The van der Waals surface area contributed by atoms with E-state index < -0.39 is 8.32 Å². The van der Waals surface area contributed by atoms with Gasteiger partial charge in [-0.05, 0) is 48.9 Å². The lowest BCUT2D eigenvalue weighted by Crippen LogP contribution is -2.42. The van der Waals surface area contributed by atoms with E-state index in [0.29, 0.717) is 25.7 Å². The Balaban J connectivity index is 1.85. The number of aliphatic hydroxyl groups is 1. The highest BCUT2D eigenvalue weighted by Crippen LogP contribution is 2.38. The van der Waals surface area contributed by atoms with Gasteiger partial charge in [-0.2, -0.15) is 0 Å². The van der Waals surface area contributed by atoms with Crippen LogP contribution in [0.3, 0.4) is 0 Å². The van der Waals surface area contributed by atoms with Gasteiger partial charge >= 0.3 is 0 Å². The molecule has 0 saturated heterocycles. The van der Waals surface area contributed by atoms with Crippen molar-refractivity contribution in [2.75, 3.05) is 26.6 Å². The van der Waals surface area contributed by atoms with Crippen molar-refractivity contribution in [2.24, 2.45) is 11.8 Å². The quantitative estimate of drug-likeness (QED) is 0.163. The monoisotopic (exact) mass is 446 g/mol. The van der Waals surface area contributed by atoms with Gasteiger partial charge in [0.05, 0.1) is 19.8 Å². The summed E-state index contributed by atoms with van der Waals surface area (Å²) in [4.78, 5) is 0. The normalized spacial score (nSPS) is 16.8. The lowest BCUT2D eigenvalue weighted by Gasteiger charge is -2.37. The van der Waals surface area contributed by atoms with Crippen LogP contribution >= 0.6 is 0 Å². The van der Waals surface area contributed by atoms with Gasteiger partial charge in [-0.25, -0.2) is 0 Å². The molecule has 1 unspecified atom stereocenters. The van der Waals surface area contributed by atoms with Gasteiger partial charge < -0.3 is 19.0 Å². The van der Waals surface area contributed by atoms with Gasteiger partial charge in [0.1, 0.15) is 6.79 Å². The van der Waals surface area contributed by atoms with Crippen LogP contribution < -0.4 is 0 Å². The highest BCUT2D eigenvalue weighted by atomic mass is 28.4. The van der Waals surface area contributed by atoms with E-state index in [4.69, 9.17) is 13.9 Å². The Kier molecular flexibility index (Phi) is 10.7. The smallest absolute Gasteiger partial charge is 0.192 e. The first-order valence-electron chi connectivity index (χ1n) is 11.5. The molecule has 0 radical (unpaired) electrons. The average Bonchev–Trinajstić information content (AvgIpc) is 3.56. The molecule has 31 heavy (non-hydrogen) atoms. The van der Waals surface area contributed by atoms with Crippen LogP contribution in [0.25, 0.3) is 0 Å². The van der Waals surface area contributed by atoms with Crippen molar-refractivity contribution in [1.82, 2.24) is 0 Å². The summed E-state index contributed by atoms with van der Waals surface area (Å²) in [5, 5.41) is 9.46. The Bertz CT molecular complexity index is 687. The first-order valence-corrected chi connectivity index (χ1v) is 14.4. The van der Waals surface area contributed by atoms with Crippen LogP contribution in [0.2, 0.25) is 18.1 Å². The highest BCUT2D eigenvalue weighted by Gasteiger charge is 2.37. The van der Waals surface area contributed by atoms with E-state index in [2.05, 4.69) is 58.2 Å². The van der Waals surface area contributed by atoms with E-state index in [-0.39, 0.29) is 24.4 Å². The van der Waals surface area contributed by atoms with Crippen LogP contribution in [0.4, 0.5) is 0 Å². The zero-order valence-electron chi connectivity index (χ0n) is 20.1. The lowest BCUT2D eigenvalue weighted by molar-refractivity contribution is -0.0707. The van der Waals surface area contributed by atoms with Crippen molar-refractivity contribution >= 4 is 8.32 Å². The molecular formula is C26H42O4Si. The second-order valence-electron chi connectivity index (χ2n) is 10.0. The maximum atomic E-state index is 9.27. The molecule has 0 spiro atoms. The van der Waals surface area contributed by atoms with Gasteiger partial charge in [-0.15, -0.1) is 0 Å². The molecule has 1 saturated carbocycles. The number of benzene rings is 1. The number of aliphatic hydroxyl groups excluding tert-OH is 1. The molecule has 174 valence electrons. The van der Waals surface area contributed by atoms with Crippen molar-refractivity contribution in [3.05, 3.63) is 59.7 Å². The molecule has 4 nitrogen and oxygen atoms in total. The minimum Gasteiger partial charge on any atom is -0.416 e. The maximum absolute atomic E-state index is 9.27. The van der Waals surface area contributed by atoms with E-state index in [1.807, 2.05) is 24.3 Å². The Morgan fingerprint density at radius 3 is 2.45 bits per heavy atom. The maximum Gasteiger partial charge on any atom is 0.192 e. The molecule has 1 fully saturated rings. The molecule has 1 aliphatic rings. The van der Waals surface area contributed by atoms with Crippen LogP contribution in [-0.2, 0) is 20.5 Å². The molecule has 1 N–H and O–H groups in total. The van der Waals surface area contributed by atoms with Gasteiger partial charge in [0.25, 0.3) is 0 Å². The number of rotatable bonds is 14. The van der Waals surface area contributed by atoms with E-state index in [0.717, 1.165) is 12.0 Å². The predicted octanol–water partition coefficient (Wildman–Crippen LogP) is 6.09. The summed E-state index contributed by atoms with van der Waals surface area (Å²) >= 11 is 0. The molecule has 1 aromatic carbocycles. The van der Waals surface area contributed by atoms with E-state index in [1.165, 1.54) is 18.4 Å². The average molecular weight is 447 g/mol. The second-order valence-corrected chi connectivity index (χ2v) is 14.8. The zero-order valence-corrected chi connectivity index (χ0v) is 21.1. The third kappa shape index (κ3) is 9.83. The van der Waals surface area contributed by atoms with Crippen LogP contribution in [-0.4, -0.2) is 40.0 Å². The Labute approximate surface area is 190 Å². The van der Waals surface area contributed by atoms with Gasteiger partial charge in [-0.1, -0.05) is 74.9 Å². The van der Waals surface area contributed by atoms with E-state index in [9.17, 15) is 5.11 Å². The summed E-state index contributed by atoms with van der Waals surface area (Å²) in [7, 11) is -1.81. The van der Waals surface area contributed by atoms with Gasteiger partial charge in [0, 0.05) is 12.5 Å². The second kappa shape index (κ2) is 12.7. The number of allylic oxidation sites excluding steroid dienone is 2. The molecule has 0 aliphatic heterocycles. The van der Waals surface area contributed by atoms with Crippen LogP contribution in [0.5, 0.6) is 0 Å². The molecule has 0 bridgehead atoms. The Morgan fingerprint density at radius 2 is 1.84 bits per heavy atom. The summed E-state index contributed by atoms with van der Waals surface area (Å²) in [6, 6.07) is 10.1. The summed E-state index contributed by atoms with van der Waals surface area (Å²) in [6.07, 6.45) is 9.80. The molecule has 0 amide bonds. The summed E-state index contributed by atoms with van der Waals surface area (Å²) in [5.41, 5.74) is 2.50. The third-order valence-electron chi connectivity index (χ3n) is 6.29. The molecule has 2 rings (SSSR count). The molecule has 0 heterocycles.